The first-order valence-corrected chi connectivity index (χ1v) is 25.2. The Morgan fingerprint density at radius 2 is 0.967 bits per heavy atom. The van der Waals surface area contributed by atoms with E-state index in [1.807, 2.05) is 0 Å². The van der Waals surface area contributed by atoms with E-state index in [-0.39, 0.29) is 12.8 Å². The maximum absolute atomic E-state index is 13.1. The van der Waals surface area contributed by atoms with Crippen molar-refractivity contribution < 1.29 is 50.0 Å². The average Bonchev–Trinajstić information content (AvgIpc) is 3.26. The van der Waals surface area contributed by atoms with E-state index >= 15 is 0 Å². The molecule has 1 fully saturated rings. The second-order valence-corrected chi connectivity index (χ2v) is 17.9. The zero-order valence-electron chi connectivity index (χ0n) is 38.9. The van der Waals surface area contributed by atoms with Crippen LogP contribution in [0.2, 0.25) is 0 Å². The Kier molecular flexibility index (Phi) is 37.9. The molecular weight excluding hydrogens is 775 g/mol. The van der Waals surface area contributed by atoms with E-state index in [1.165, 1.54) is 122 Å². The van der Waals surface area contributed by atoms with Gasteiger partial charge in [0.2, 0.25) is 5.91 Å². The number of ether oxygens (including phenoxy) is 2. The van der Waals surface area contributed by atoms with Crippen molar-refractivity contribution in [2.45, 2.75) is 274 Å². The largest absolute Gasteiger partial charge is 0.394 e. The molecule has 0 saturated carbocycles. The Bertz CT molecular complexity index is 1040. The van der Waals surface area contributed by atoms with Crippen LogP contribution in [0.15, 0.2) is 24.3 Å². The third-order valence-corrected chi connectivity index (χ3v) is 12.2. The molecule has 8 N–H and O–H groups in total. The fourth-order valence-electron chi connectivity index (χ4n) is 8.02. The van der Waals surface area contributed by atoms with Gasteiger partial charge in [-0.2, -0.15) is 0 Å². The van der Waals surface area contributed by atoms with Crippen LogP contribution in [0.1, 0.15) is 219 Å². The van der Waals surface area contributed by atoms with Crippen molar-refractivity contribution in [2.75, 3.05) is 13.2 Å². The second-order valence-electron chi connectivity index (χ2n) is 17.9. The van der Waals surface area contributed by atoms with E-state index < -0.39 is 74.2 Å². The lowest BCUT2D eigenvalue weighted by Gasteiger charge is -2.40. The number of hydrogen-bond donors (Lipinski definition) is 8. The summed E-state index contributed by atoms with van der Waals surface area (Å²) < 4.78 is 11.1. The van der Waals surface area contributed by atoms with Crippen LogP contribution in [-0.4, -0.2) is 110 Å². The standard InChI is InChI=1S/C50H95NO10/c1-3-5-7-9-11-13-15-17-19-21-22-24-25-27-29-31-33-35-37-42(53)45(55)41(40-60-50-48(58)47(57)46(56)44(39-52)61-50)51-49(59)43(54)38-36-34-32-30-28-26-23-20-18-16-14-12-10-8-6-4-2/h18,20,29,31,41-48,50,52-58H,3-17,19,21-28,30,32-40H2,1-2H3,(H,51,59)/b20-18-,31-29+. The minimum Gasteiger partial charge on any atom is -0.394 e. The molecule has 360 valence electrons. The normalized spacial score (nSPS) is 21.6. The quantitative estimate of drug-likeness (QED) is 0.0217. The topological polar surface area (TPSA) is 189 Å². The fraction of sp³-hybridized carbons (Fsp3) is 0.900. The van der Waals surface area contributed by atoms with Gasteiger partial charge < -0.3 is 50.5 Å². The summed E-state index contributed by atoms with van der Waals surface area (Å²) in [7, 11) is 0. The molecule has 0 spiro atoms. The van der Waals surface area contributed by atoms with Crippen molar-refractivity contribution >= 4 is 5.91 Å². The summed E-state index contributed by atoms with van der Waals surface area (Å²) in [5.41, 5.74) is 0. The molecule has 0 aliphatic carbocycles. The molecule has 11 heteroatoms. The fourth-order valence-corrected chi connectivity index (χ4v) is 8.02. The molecule has 1 rings (SSSR count). The van der Waals surface area contributed by atoms with Crippen LogP contribution >= 0.6 is 0 Å². The highest BCUT2D eigenvalue weighted by atomic mass is 16.7. The summed E-state index contributed by atoms with van der Waals surface area (Å²) in [6, 6.07) is -1.18. The number of nitrogens with one attached hydrogen (secondary N) is 1. The van der Waals surface area contributed by atoms with Crippen LogP contribution in [0.5, 0.6) is 0 Å². The van der Waals surface area contributed by atoms with Crippen molar-refractivity contribution in [3.8, 4) is 0 Å². The van der Waals surface area contributed by atoms with E-state index in [1.54, 1.807) is 0 Å². The smallest absolute Gasteiger partial charge is 0.249 e. The van der Waals surface area contributed by atoms with Crippen molar-refractivity contribution in [1.82, 2.24) is 5.32 Å². The highest BCUT2D eigenvalue weighted by Crippen LogP contribution is 2.23. The van der Waals surface area contributed by atoms with Crippen LogP contribution in [0.3, 0.4) is 0 Å². The van der Waals surface area contributed by atoms with E-state index in [0.717, 1.165) is 57.8 Å². The second kappa shape index (κ2) is 40.1. The highest BCUT2D eigenvalue weighted by molar-refractivity contribution is 5.80. The lowest BCUT2D eigenvalue weighted by molar-refractivity contribution is -0.303. The Labute approximate surface area is 372 Å². The monoisotopic (exact) mass is 870 g/mol. The summed E-state index contributed by atoms with van der Waals surface area (Å²) in [4.78, 5) is 13.1. The molecule has 11 nitrogen and oxygen atoms in total. The van der Waals surface area contributed by atoms with Gasteiger partial charge in [-0.25, -0.2) is 0 Å². The minimum atomic E-state index is -1.67. The maximum atomic E-state index is 13.1. The molecule has 0 aromatic carbocycles. The maximum Gasteiger partial charge on any atom is 0.249 e. The number of carbonyl (C=O) groups is 1. The SMILES string of the molecule is CCCCCCCC/C=C\CCCCCCCCC(O)C(=O)NC(COC1OC(CO)C(O)C(O)C1O)C(O)C(O)CCC/C=C/CCCCCCCCCCCCCCC. The zero-order valence-corrected chi connectivity index (χ0v) is 38.9. The zero-order chi connectivity index (χ0) is 44.8. The molecule has 1 aliphatic rings. The van der Waals surface area contributed by atoms with E-state index in [0.29, 0.717) is 12.8 Å². The Morgan fingerprint density at radius 3 is 1.41 bits per heavy atom. The highest BCUT2D eigenvalue weighted by Gasteiger charge is 2.44. The molecule has 0 aromatic rings. The molecule has 61 heavy (non-hydrogen) atoms. The number of carbonyl (C=O) groups excluding carboxylic acids is 1. The number of rotatable bonds is 42. The first-order valence-electron chi connectivity index (χ1n) is 25.2. The van der Waals surface area contributed by atoms with Gasteiger partial charge in [-0.05, 0) is 64.2 Å². The molecule has 1 aliphatic heterocycles. The number of aliphatic hydroxyl groups is 7. The minimum absolute atomic E-state index is 0.248. The van der Waals surface area contributed by atoms with Gasteiger partial charge in [0.15, 0.2) is 6.29 Å². The van der Waals surface area contributed by atoms with Gasteiger partial charge in [-0.1, -0.05) is 179 Å². The number of unbranched alkanes of at least 4 members (excludes halogenated alkanes) is 26. The molecule has 1 saturated heterocycles. The summed E-state index contributed by atoms with van der Waals surface area (Å²) in [6.07, 6.45) is 33.6. The van der Waals surface area contributed by atoms with Crippen LogP contribution in [-0.2, 0) is 14.3 Å². The predicted octanol–water partition coefficient (Wildman–Crippen LogP) is 9.01. The van der Waals surface area contributed by atoms with Crippen LogP contribution in [0.25, 0.3) is 0 Å². The van der Waals surface area contributed by atoms with Crippen molar-refractivity contribution in [1.29, 1.82) is 0 Å². The van der Waals surface area contributed by atoms with Gasteiger partial charge in [-0.15, -0.1) is 0 Å². The Balaban J connectivity index is 2.43. The first kappa shape index (κ1) is 57.6. The van der Waals surface area contributed by atoms with Gasteiger partial charge in [0.05, 0.1) is 25.4 Å². The van der Waals surface area contributed by atoms with E-state index in [9.17, 15) is 40.5 Å². The Hall–Kier alpha value is -1.41. The molecule has 0 aromatic heterocycles. The summed E-state index contributed by atoms with van der Waals surface area (Å²) >= 11 is 0. The summed E-state index contributed by atoms with van der Waals surface area (Å²) in [5, 5.41) is 75.8. The molecule has 1 amide bonds. The number of allylic oxidation sites excluding steroid dienone is 4. The first-order chi connectivity index (χ1) is 29.7. The van der Waals surface area contributed by atoms with Crippen LogP contribution < -0.4 is 5.32 Å². The molecule has 1 heterocycles. The molecule has 9 unspecified atom stereocenters. The van der Waals surface area contributed by atoms with Gasteiger partial charge in [-0.3, -0.25) is 4.79 Å². The van der Waals surface area contributed by atoms with Gasteiger partial charge >= 0.3 is 0 Å². The summed E-state index contributed by atoms with van der Waals surface area (Å²) in [6.45, 7) is 3.43. The van der Waals surface area contributed by atoms with Gasteiger partial charge in [0.25, 0.3) is 0 Å². The molecule has 9 atom stereocenters. The van der Waals surface area contributed by atoms with Crippen molar-refractivity contribution in [3.05, 3.63) is 24.3 Å². The summed E-state index contributed by atoms with van der Waals surface area (Å²) in [5.74, 6) is -0.711. The number of amides is 1. The van der Waals surface area contributed by atoms with Gasteiger partial charge in [0.1, 0.15) is 36.6 Å². The van der Waals surface area contributed by atoms with E-state index in [4.69, 9.17) is 9.47 Å². The molecule has 0 bridgehead atoms. The average molecular weight is 870 g/mol. The molecular formula is C50H95NO10. The van der Waals surface area contributed by atoms with Crippen molar-refractivity contribution in [3.63, 3.8) is 0 Å². The Morgan fingerprint density at radius 1 is 0.557 bits per heavy atom. The van der Waals surface area contributed by atoms with Crippen LogP contribution in [0.4, 0.5) is 0 Å². The van der Waals surface area contributed by atoms with Crippen molar-refractivity contribution in [2.24, 2.45) is 0 Å². The van der Waals surface area contributed by atoms with E-state index in [2.05, 4.69) is 43.5 Å². The lowest BCUT2D eigenvalue weighted by atomic mass is 9.98. The third-order valence-electron chi connectivity index (χ3n) is 12.2. The van der Waals surface area contributed by atoms with Gasteiger partial charge in [0, 0.05) is 0 Å². The molecule has 0 radical (unpaired) electrons. The van der Waals surface area contributed by atoms with Crippen LogP contribution in [0, 0.1) is 0 Å². The third kappa shape index (κ3) is 29.6. The number of aliphatic hydroxyl groups excluding tert-OH is 7. The predicted molar refractivity (Wildman–Crippen MR) is 247 cm³/mol. The lowest BCUT2D eigenvalue weighted by Crippen LogP contribution is -2.60. The number of hydrogen-bond acceptors (Lipinski definition) is 10.